The smallest absolute Gasteiger partial charge is 0.265 e. The summed E-state index contributed by atoms with van der Waals surface area (Å²) in [7, 11) is 0. The standard InChI is InChI=1S/C14H16FN3OS/c1-3-4-9(2)16-14(19)13-12(17-18-20-13)10-5-7-11(15)8-6-10/h5-9H,3-4H2,1-2H3,(H,16,19)/t9-/m1/s1. The van der Waals surface area contributed by atoms with Crippen molar-refractivity contribution in [1.82, 2.24) is 14.9 Å². The molecule has 1 aromatic carbocycles. The molecule has 0 radical (unpaired) electrons. The highest BCUT2D eigenvalue weighted by Crippen LogP contribution is 2.24. The van der Waals surface area contributed by atoms with Crippen molar-refractivity contribution in [1.29, 1.82) is 0 Å². The lowest BCUT2D eigenvalue weighted by atomic mass is 10.1. The SMILES string of the molecule is CCC[C@@H](C)NC(=O)c1snnc1-c1ccc(F)cc1. The molecule has 0 aliphatic carbocycles. The van der Waals surface area contributed by atoms with Crippen molar-refractivity contribution in [2.45, 2.75) is 32.7 Å². The van der Waals surface area contributed by atoms with E-state index in [1.807, 2.05) is 6.92 Å². The van der Waals surface area contributed by atoms with Gasteiger partial charge in [-0.2, -0.15) is 0 Å². The Hall–Kier alpha value is -1.82. The molecule has 0 aliphatic rings. The zero-order valence-electron chi connectivity index (χ0n) is 11.4. The van der Waals surface area contributed by atoms with Crippen LogP contribution in [-0.2, 0) is 0 Å². The zero-order chi connectivity index (χ0) is 14.5. The number of hydrogen-bond donors (Lipinski definition) is 1. The minimum Gasteiger partial charge on any atom is -0.349 e. The van der Waals surface area contributed by atoms with E-state index in [1.165, 1.54) is 12.1 Å². The van der Waals surface area contributed by atoms with Gasteiger partial charge in [-0.1, -0.05) is 17.8 Å². The second kappa shape index (κ2) is 6.56. The molecule has 0 unspecified atom stereocenters. The van der Waals surface area contributed by atoms with Crippen LogP contribution in [0.25, 0.3) is 11.3 Å². The summed E-state index contributed by atoms with van der Waals surface area (Å²) >= 11 is 1.05. The molecule has 0 aliphatic heterocycles. The molecular weight excluding hydrogens is 277 g/mol. The van der Waals surface area contributed by atoms with Crippen molar-refractivity contribution in [3.8, 4) is 11.3 Å². The van der Waals surface area contributed by atoms with Crippen molar-refractivity contribution in [2.75, 3.05) is 0 Å². The van der Waals surface area contributed by atoms with Crippen LogP contribution in [0.2, 0.25) is 0 Å². The molecule has 1 atom stereocenters. The molecule has 2 aromatic rings. The first-order valence-corrected chi connectivity index (χ1v) is 7.28. The Labute approximate surface area is 121 Å². The summed E-state index contributed by atoms with van der Waals surface area (Å²) in [6.07, 6.45) is 1.93. The Morgan fingerprint density at radius 3 is 2.75 bits per heavy atom. The molecule has 0 fully saturated rings. The van der Waals surface area contributed by atoms with Gasteiger partial charge in [-0.25, -0.2) is 4.39 Å². The maximum atomic E-state index is 12.9. The summed E-state index contributed by atoms with van der Waals surface area (Å²) in [6, 6.07) is 5.98. The quantitative estimate of drug-likeness (QED) is 0.920. The van der Waals surface area contributed by atoms with Gasteiger partial charge in [0.15, 0.2) is 0 Å². The molecule has 0 spiro atoms. The average Bonchev–Trinajstić information content (AvgIpc) is 2.89. The number of amides is 1. The van der Waals surface area contributed by atoms with Gasteiger partial charge in [-0.05, 0) is 49.1 Å². The lowest BCUT2D eigenvalue weighted by molar-refractivity contribution is 0.0943. The van der Waals surface area contributed by atoms with Gasteiger partial charge in [-0.15, -0.1) is 5.10 Å². The van der Waals surface area contributed by atoms with Gasteiger partial charge in [0.05, 0.1) is 0 Å². The van der Waals surface area contributed by atoms with Gasteiger partial charge in [0.25, 0.3) is 5.91 Å². The molecule has 0 saturated heterocycles. The van der Waals surface area contributed by atoms with Crippen LogP contribution in [0, 0.1) is 5.82 Å². The average molecular weight is 293 g/mol. The number of carbonyl (C=O) groups excluding carboxylic acids is 1. The first-order chi connectivity index (χ1) is 9.61. The predicted molar refractivity (Wildman–Crippen MR) is 77.1 cm³/mol. The van der Waals surface area contributed by atoms with E-state index in [9.17, 15) is 9.18 Å². The second-order valence-corrected chi connectivity index (χ2v) is 5.37. The zero-order valence-corrected chi connectivity index (χ0v) is 12.2. The fraction of sp³-hybridized carbons (Fsp3) is 0.357. The fourth-order valence-corrected chi connectivity index (χ4v) is 2.52. The monoisotopic (exact) mass is 293 g/mol. The van der Waals surface area contributed by atoms with Crippen LogP contribution < -0.4 is 5.32 Å². The highest BCUT2D eigenvalue weighted by Gasteiger charge is 2.19. The molecule has 0 saturated carbocycles. The van der Waals surface area contributed by atoms with Crippen molar-refractivity contribution >= 4 is 17.4 Å². The van der Waals surface area contributed by atoms with Crippen LogP contribution in [0.5, 0.6) is 0 Å². The van der Waals surface area contributed by atoms with Crippen LogP contribution in [0.3, 0.4) is 0 Å². The molecule has 20 heavy (non-hydrogen) atoms. The number of carbonyl (C=O) groups is 1. The largest absolute Gasteiger partial charge is 0.349 e. The number of benzene rings is 1. The van der Waals surface area contributed by atoms with E-state index in [1.54, 1.807) is 12.1 Å². The van der Waals surface area contributed by atoms with E-state index in [0.717, 1.165) is 24.4 Å². The van der Waals surface area contributed by atoms with Crippen LogP contribution in [-0.4, -0.2) is 21.5 Å². The molecule has 1 aromatic heterocycles. The van der Waals surface area contributed by atoms with Crippen molar-refractivity contribution in [3.05, 3.63) is 35.0 Å². The molecule has 4 nitrogen and oxygen atoms in total. The van der Waals surface area contributed by atoms with Gasteiger partial charge < -0.3 is 5.32 Å². The summed E-state index contributed by atoms with van der Waals surface area (Å²) in [5.74, 6) is -0.500. The third kappa shape index (κ3) is 3.39. The van der Waals surface area contributed by atoms with E-state index in [4.69, 9.17) is 0 Å². The third-order valence-electron chi connectivity index (χ3n) is 2.91. The van der Waals surface area contributed by atoms with Gasteiger partial charge in [-0.3, -0.25) is 4.79 Å². The third-order valence-corrected chi connectivity index (χ3v) is 3.64. The first-order valence-electron chi connectivity index (χ1n) is 6.51. The minimum atomic E-state index is -0.320. The number of aromatic nitrogens is 2. The van der Waals surface area contributed by atoms with E-state index in [0.29, 0.717) is 16.1 Å². The number of nitrogens with one attached hydrogen (secondary N) is 1. The number of nitrogens with zero attached hydrogens (tertiary/aromatic N) is 2. The topological polar surface area (TPSA) is 54.9 Å². The summed E-state index contributed by atoms with van der Waals surface area (Å²) in [6.45, 7) is 4.04. The fourth-order valence-electron chi connectivity index (χ4n) is 1.93. The first kappa shape index (κ1) is 14.6. The van der Waals surface area contributed by atoms with Crippen molar-refractivity contribution in [3.63, 3.8) is 0 Å². The molecule has 0 bridgehead atoms. The summed E-state index contributed by atoms with van der Waals surface area (Å²) in [5, 5.41) is 6.90. The number of halogens is 1. The van der Waals surface area contributed by atoms with Gasteiger partial charge in [0.1, 0.15) is 16.4 Å². The molecule has 106 valence electrons. The lowest BCUT2D eigenvalue weighted by Gasteiger charge is -2.11. The number of rotatable bonds is 5. The van der Waals surface area contributed by atoms with Crippen LogP contribution in [0.4, 0.5) is 4.39 Å². The Morgan fingerprint density at radius 1 is 1.40 bits per heavy atom. The lowest BCUT2D eigenvalue weighted by Crippen LogP contribution is -2.32. The maximum absolute atomic E-state index is 12.9. The van der Waals surface area contributed by atoms with E-state index in [-0.39, 0.29) is 17.8 Å². The van der Waals surface area contributed by atoms with Crippen LogP contribution >= 0.6 is 11.5 Å². The summed E-state index contributed by atoms with van der Waals surface area (Å²) in [5.41, 5.74) is 1.18. The highest BCUT2D eigenvalue weighted by atomic mass is 32.1. The van der Waals surface area contributed by atoms with Gasteiger partial charge in [0, 0.05) is 11.6 Å². The van der Waals surface area contributed by atoms with E-state index in [2.05, 4.69) is 21.8 Å². The van der Waals surface area contributed by atoms with Crippen LogP contribution in [0.1, 0.15) is 36.4 Å². The summed E-state index contributed by atoms with van der Waals surface area (Å²) < 4.78 is 16.8. The molecule has 1 amide bonds. The molecule has 6 heteroatoms. The van der Waals surface area contributed by atoms with Crippen molar-refractivity contribution < 1.29 is 9.18 Å². The Morgan fingerprint density at radius 2 is 2.10 bits per heavy atom. The second-order valence-electron chi connectivity index (χ2n) is 4.62. The van der Waals surface area contributed by atoms with Gasteiger partial charge in [0.2, 0.25) is 0 Å². The van der Waals surface area contributed by atoms with Gasteiger partial charge >= 0.3 is 0 Å². The molecule has 1 heterocycles. The minimum absolute atomic E-state index is 0.107. The predicted octanol–water partition coefficient (Wildman–Crippen LogP) is 3.26. The molecular formula is C14H16FN3OS. The maximum Gasteiger partial charge on any atom is 0.265 e. The summed E-state index contributed by atoms with van der Waals surface area (Å²) in [4.78, 5) is 12.7. The molecule has 1 N–H and O–H groups in total. The molecule has 2 rings (SSSR count). The Balaban J connectivity index is 2.20. The normalized spacial score (nSPS) is 12.2. The van der Waals surface area contributed by atoms with E-state index < -0.39 is 0 Å². The Kier molecular flexibility index (Phi) is 4.79. The Bertz CT molecular complexity index is 582. The van der Waals surface area contributed by atoms with E-state index >= 15 is 0 Å². The number of hydrogen-bond acceptors (Lipinski definition) is 4. The van der Waals surface area contributed by atoms with Crippen LogP contribution in [0.15, 0.2) is 24.3 Å². The highest BCUT2D eigenvalue weighted by molar-refractivity contribution is 7.08. The van der Waals surface area contributed by atoms with Crippen molar-refractivity contribution in [2.24, 2.45) is 0 Å².